The molecular weight excluding hydrogens is 284 g/mol. The molecule has 1 saturated heterocycles. The van der Waals surface area contributed by atoms with Gasteiger partial charge >= 0.3 is 6.09 Å². The van der Waals surface area contributed by atoms with Gasteiger partial charge in [0, 0.05) is 18.7 Å². The maximum atomic E-state index is 12.3. The van der Waals surface area contributed by atoms with Gasteiger partial charge in [0.2, 0.25) is 0 Å². The largest absolute Gasteiger partial charge is 0.506 e. The summed E-state index contributed by atoms with van der Waals surface area (Å²) >= 11 is 0. The first-order valence-electron chi connectivity index (χ1n) is 7.38. The van der Waals surface area contributed by atoms with Crippen molar-refractivity contribution >= 4 is 17.7 Å². The van der Waals surface area contributed by atoms with Crippen LogP contribution in [-0.2, 0) is 4.74 Å². The fourth-order valence-electron chi connectivity index (χ4n) is 2.29. The van der Waals surface area contributed by atoms with Gasteiger partial charge in [-0.15, -0.1) is 0 Å². The van der Waals surface area contributed by atoms with Crippen molar-refractivity contribution in [3.05, 3.63) is 23.8 Å². The molecule has 0 atom stereocenters. The van der Waals surface area contributed by atoms with E-state index in [9.17, 15) is 14.7 Å². The lowest BCUT2D eigenvalue weighted by atomic mass is 10.1. The number of carbonyl (C=O) groups excluding carboxylic acids is 2. The molecule has 2 amide bonds. The zero-order valence-corrected chi connectivity index (χ0v) is 13.2. The molecule has 0 spiro atoms. The highest BCUT2D eigenvalue weighted by Crippen LogP contribution is 2.26. The molecule has 1 aromatic rings. The highest BCUT2D eigenvalue weighted by atomic mass is 16.6. The van der Waals surface area contributed by atoms with Crippen molar-refractivity contribution in [2.24, 2.45) is 0 Å². The number of carbonyl (C=O) groups is 2. The van der Waals surface area contributed by atoms with Crippen LogP contribution >= 0.6 is 0 Å². The van der Waals surface area contributed by atoms with Crippen LogP contribution in [0.3, 0.4) is 0 Å². The lowest BCUT2D eigenvalue weighted by Crippen LogP contribution is -2.28. The molecule has 120 valence electrons. The fraction of sp³-hybridized carbons (Fsp3) is 0.500. The average Bonchev–Trinajstić information content (AvgIpc) is 2.92. The number of nitrogens with zero attached hydrogens (tertiary/aromatic N) is 1. The number of aromatic hydroxyl groups is 1. The first-order valence-corrected chi connectivity index (χ1v) is 7.38. The van der Waals surface area contributed by atoms with Crippen LogP contribution in [0, 0.1) is 0 Å². The van der Waals surface area contributed by atoms with Crippen molar-refractivity contribution in [3.63, 3.8) is 0 Å². The molecule has 6 heteroatoms. The summed E-state index contributed by atoms with van der Waals surface area (Å²) in [5.74, 6) is -0.200. The molecular formula is C16H22N2O4. The molecule has 0 saturated carbocycles. The molecule has 0 aromatic heterocycles. The minimum absolute atomic E-state index is 0.0928. The van der Waals surface area contributed by atoms with Gasteiger partial charge in [0.1, 0.15) is 11.4 Å². The number of phenols is 1. The number of hydrogen-bond donors (Lipinski definition) is 2. The van der Waals surface area contributed by atoms with Crippen molar-refractivity contribution in [1.82, 2.24) is 4.90 Å². The van der Waals surface area contributed by atoms with Crippen LogP contribution in [0.25, 0.3) is 0 Å². The van der Waals surface area contributed by atoms with Crippen LogP contribution in [0.5, 0.6) is 5.75 Å². The van der Waals surface area contributed by atoms with E-state index < -0.39 is 11.7 Å². The number of anilines is 1. The second-order valence-electron chi connectivity index (χ2n) is 6.36. The van der Waals surface area contributed by atoms with Gasteiger partial charge in [0.15, 0.2) is 0 Å². The number of amides is 2. The first-order chi connectivity index (χ1) is 10.3. The minimum Gasteiger partial charge on any atom is -0.506 e. The van der Waals surface area contributed by atoms with E-state index in [1.54, 1.807) is 31.7 Å². The van der Waals surface area contributed by atoms with Crippen LogP contribution < -0.4 is 5.32 Å². The van der Waals surface area contributed by atoms with E-state index in [-0.39, 0.29) is 17.3 Å². The van der Waals surface area contributed by atoms with Gasteiger partial charge in [0.25, 0.3) is 5.91 Å². The third-order valence-corrected chi connectivity index (χ3v) is 3.27. The molecule has 2 rings (SSSR count). The Bertz CT molecular complexity index is 572. The summed E-state index contributed by atoms with van der Waals surface area (Å²) in [4.78, 5) is 25.9. The highest BCUT2D eigenvalue weighted by Gasteiger charge is 2.21. The predicted molar refractivity (Wildman–Crippen MR) is 83.1 cm³/mol. The molecule has 0 aliphatic carbocycles. The van der Waals surface area contributed by atoms with Crippen LogP contribution in [0.15, 0.2) is 18.2 Å². The Labute approximate surface area is 130 Å². The first kappa shape index (κ1) is 16.1. The quantitative estimate of drug-likeness (QED) is 0.823. The van der Waals surface area contributed by atoms with E-state index >= 15 is 0 Å². The second-order valence-corrected chi connectivity index (χ2v) is 6.36. The Hall–Kier alpha value is -2.24. The number of nitrogens with one attached hydrogen (secondary N) is 1. The maximum absolute atomic E-state index is 12.3. The molecule has 0 unspecified atom stereocenters. The van der Waals surface area contributed by atoms with Gasteiger partial charge in [-0.25, -0.2) is 4.79 Å². The standard InChI is InChI=1S/C16H22N2O4/c1-16(2,3)22-15(21)17-12-10-11(6-7-13(12)19)14(20)18-8-4-5-9-18/h6-7,10,19H,4-5,8-9H2,1-3H3,(H,17,21). The van der Waals surface area contributed by atoms with Gasteiger partial charge in [-0.05, 0) is 51.8 Å². The molecule has 22 heavy (non-hydrogen) atoms. The van der Waals surface area contributed by atoms with Gasteiger partial charge in [0.05, 0.1) is 5.69 Å². The Morgan fingerprint density at radius 1 is 1.23 bits per heavy atom. The molecule has 1 aliphatic rings. The summed E-state index contributed by atoms with van der Waals surface area (Å²) in [7, 11) is 0. The van der Waals surface area contributed by atoms with Crippen LogP contribution in [-0.4, -0.2) is 40.7 Å². The fourth-order valence-corrected chi connectivity index (χ4v) is 2.29. The summed E-state index contributed by atoms with van der Waals surface area (Å²) < 4.78 is 5.14. The van der Waals surface area contributed by atoms with Crippen LogP contribution in [0.4, 0.5) is 10.5 Å². The number of ether oxygens (including phenoxy) is 1. The monoisotopic (exact) mass is 306 g/mol. The van der Waals surface area contributed by atoms with Crippen molar-refractivity contribution < 1.29 is 19.4 Å². The van der Waals surface area contributed by atoms with Gasteiger partial charge < -0.3 is 14.7 Å². The number of likely N-dealkylation sites (tertiary alicyclic amines) is 1. The normalized spacial score (nSPS) is 14.8. The van der Waals surface area contributed by atoms with Gasteiger partial charge in [-0.1, -0.05) is 0 Å². The zero-order valence-electron chi connectivity index (χ0n) is 13.2. The smallest absolute Gasteiger partial charge is 0.412 e. The highest BCUT2D eigenvalue weighted by molar-refractivity contribution is 5.97. The minimum atomic E-state index is -0.673. The molecule has 1 aromatic carbocycles. The number of rotatable bonds is 2. The number of benzene rings is 1. The van der Waals surface area contributed by atoms with Gasteiger partial charge in [-0.3, -0.25) is 10.1 Å². The molecule has 1 aliphatic heterocycles. The third kappa shape index (κ3) is 4.13. The van der Waals surface area contributed by atoms with E-state index in [4.69, 9.17) is 4.74 Å². The molecule has 0 bridgehead atoms. The Kier molecular flexibility index (Phi) is 4.59. The SMILES string of the molecule is CC(C)(C)OC(=O)Nc1cc(C(=O)N2CCCC2)ccc1O. The Balaban J connectivity index is 2.13. The van der Waals surface area contributed by atoms with Gasteiger partial charge in [-0.2, -0.15) is 0 Å². The zero-order chi connectivity index (χ0) is 16.3. The number of phenolic OH excluding ortho intramolecular Hbond substituents is 1. The summed E-state index contributed by atoms with van der Waals surface area (Å²) in [6.07, 6.45) is 1.34. The topological polar surface area (TPSA) is 78.9 Å². The third-order valence-electron chi connectivity index (χ3n) is 3.27. The molecule has 6 nitrogen and oxygen atoms in total. The maximum Gasteiger partial charge on any atom is 0.412 e. The van der Waals surface area contributed by atoms with Crippen LogP contribution in [0.2, 0.25) is 0 Å². The lowest BCUT2D eigenvalue weighted by Gasteiger charge is -2.20. The van der Waals surface area contributed by atoms with E-state index in [0.29, 0.717) is 5.56 Å². The Morgan fingerprint density at radius 2 is 1.86 bits per heavy atom. The Morgan fingerprint density at radius 3 is 2.45 bits per heavy atom. The summed E-state index contributed by atoms with van der Waals surface area (Å²) in [6, 6.07) is 4.42. The molecule has 0 radical (unpaired) electrons. The second kappa shape index (κ2) is 6.25. The van der Waals surface area contributed by atoms with E-state index in [1.807, 2.05) is 0 Å². The van der Waals surface area contributed by atoms with Crippen molar-refractivity contribution in [2.75, 3.05) is 18.4 Å². The summed E-state index contributed by atoms with van der Waals surface area (Å²) in [5.41, 5.74) is -0.0343. The molecule has 2 N–H and O–H groups in total. The number of hydrogen-bond acceptors (Lipinski definition) is 4. The average molecular weight is 306 g/mol. The van der Waals surface area contributed by atoms with E-state index in [2.05, 4.69) is 5.32 Å². The lowest BCUT2D eigenvalue weighted by molar-refractivity contribution is 0.0634. The van der Waals surface area contributed by atoms with E-state index in [0.717, 1.165) is 25.9 Å². The molecule has 1 heterocycles. The van der Waals surface area contributed by atoms with E-state index in [1.165, 1.54) is 12.1 Å². The summed E-state index contributed by atoms with van der Waals surface area (Å²) in [6.45, 7) is 6.74. The molecule has 1 fully saturated rings. The van der Waals surface area contributed by atoms with Crippen molar-refractivity contribution in [2.45, 2.75) is 39.2 Å². The van der Waals surface area contributed by atoms with Crippen molar-refractivity contribution in [3.8, 4) is 5.75 Å². The predicted octanol–water partition coefficient (Wildman–Crippen LogP) is 2.98. The van der Waals surface area contributed by atoms with Crippen molar-refractivity contribution in [1.29, 1.82) is 0 Å². The summed E-state index contributed by atoms with van der Waals surface area (Å²) in [5, 5.41) is 12.3. The van der Waals surface area contributed by atoms with Crippen LogP contribution in [0.1, 0.15) is 44.0 Å².